The quantitative estimate of drug-likeness (QED) is 0.363. The number of aromatic nitrogens is 2. The molecular weight excluding hydrogens is 416 g/mol. The summed E-state index contributed by atoms with van der Waals surface area (Å²) in [5.74, 6) is -0.154. The van der Waals surface area contributed by atoms with Gasteiger partial charge in [0.2, 0.25) is 5.88 Å². The molecule has 1 amide bonds. The van der Waals surface area contributed by atoms with Crippen molar-refractivity contribution in [3.05, 3.63) is 106 Å². The number of ether oxygens (including phenoxy) is 1. The summed E-state index contributed by atoms with van der Waals surface area (Å²) in [7, 11) is 0. The first-order valence-electron chi connectivity index (χ1n) is 10.2. The summed E-state index contributed by atoms with van der Waals surface area (Å²) in [4.78, 5) is 30.6. The molecule has 0 saturated carbocycles. The van der Waals surface area contributed by atoms with Gasteiger partial charge in [0.1, 0.15) is 28.6 Å². The number of carbonyl (C=O) groups excluding carboxylic acids is 1. The molecule has 7 heteroatoms. The Kier molecular flexibility index (Phi) is 6.00. The van der Waals surface area contributed by atoms with Gasteiger partial charge in [0.15, 0.2) is 0 Å². The van der Waals surface area contributed by atoms with E-state index in [9.17, 15) is 14.9 Å². The summed E-state index contributed by atoms with van der Waals surface area (Å²) in [5.41, 5.74) is 2.01. The minimum atomic E-state index is -0.637. The molecule has 0 atom stereocenters. The van der Waals surface area contributed by atoms with Gasteiger partial charge in [0.25, 0.3) is 11.5 Å². The highest BCUT2D eigenvalue weighted by Gasteiger charge is 2.18. The number of nitrogens with zero attached hydrogens (tertiary/aromatic N) is 3. The van der Waals surface area contributed by atoms with Crippen molar-refractivity contribution in [2.24, 2.45) is 0 Å². The minimum absolute atomic E-state index is 0.00195. The summed E-state index contributed by atoms with van der Waals surface area (Å²) in [5, 5.41) is 12.4. The van der Waals surface area contributed by atoms with Gasteiger partial charge in [0, 0.05) is 11.9 Å². The third-order valence-corrected chi connectivity index (χ3v) is 4.94. The van der Waals surface area contributed by atoms with E-state index in [1.807, 2.05) is 38.1 Å². The number of fused-ring (bicyclic) bond motifs is 1. The van der Waals surface area contributed by atoms with Crippen molar-refractivity contribution in [2.45, 2.75) is 13.8 Å². The lowest BCUT2D eigenvalue weighted by molar-refractivity contribution is -0.112. The van der Waals surface area contributed by atoms with Crippen LogP contribution in [0.3, 0.4) is 0 Å². The lowest BCUT2D eigenvalue weighted by atomic mass is 10.1. The van der Waals surface area contributed by atoms with Crippen molar-refractivity contribution in [1.82, 2.24) is 9.38 Å². The van der Waals surface area contributed by atoms with E-state index in [-0.39, 0.29) is 17.0 Å². The average molecular weight is 436 g/mol. The molecule has 0 fully saturated rings. The Morgan fingerprint density at radius 1 is 1.09 bits per heavy atom. The Balaban J connectivity index is 1.83. The zero-order valence-electron chi connectivity index (χ0n) is 18.1. The van der Waals surface area contributed by atoms with E-state index in [1.54, 1.807) is 54.7 Å². The Morgan fingerprint density at radius 2 is 1.88 bits per heavy atom. The number of anilines is 1. The SMILES string of the molecule is Cc1cccc(NC(=O)/C(C#N)=C\c2c(Oc3ccccc3)nc3c(C)cccn3c2=O)c1. The molecule has 4 aromatic rings. The Hall–Kier alpha value is -4.70. The number of rotatable bonds is 5. The predicted octanol–water partition coefficient (Wildman–Crippen LogP) is 4.65. The molecule has 2 heterocycles. The maximum Gasteiger partial charge on any atom is 0.269 e. The molecule has 33 heavy (non-hydrogen) atoms. The van der Waals surface area contributed by atoms with Gasteiger partial charge < -0.3 is 10.1 Å². The van der Waals surface area contributed by atoms with E-state index in [0.717, 1.165) is 11.1 Å². The van der Waals surface area contributed by atoms with Crippen molar-refractivity contribution in [3.63, 3.8) is 0 Å². The zero-order valence-corrected chi connectivity index (χ0v) is 18.1. The van der Waals surface area contributed by atoms with Gasteiger partial charge in [-0.05, 0) is 61.4 Å². The van der Waals surface area contributed by atoms with Gasteiger partial charge in [0.05, 0.1) is 0 Å². The monoisotopic (exact) mass is 436 g/mol. The Morgan fingerprint density at radius 3 is 2.61 bits per heavy atom. The summed E-state index contributed by atoms with van der Waals surface area (Å²) >= 11 is 0. The molecule has 7 nitrogen and oxygen atoms in total. The molecule has 0 aliphatic rings. The van der Waals surface area contributed by atoms with E-state index >= 15 is 0 Å². The Labute approximate surface area is 190 Å². The first-order valence-corrected chi connectivity index (χ1v) is 10.2. The molecule has 0 saturated heterocycles. The third-order valence-electron chi connectivity index (χ3n) is 4.94. The molecule has 0 bridgehead atoms. The van der Waals surface area contributed by atoms with Gasteiger partial charge in [-0.1, -0.05) is 36.4 Å². The minimum Gasteiger partial charge on any atom is -0.438 e. The van der Waals surface area contributed by atoms with Crippen LogP contribution in [0.25, 0.3) is 11.7 Å². The van der Waals surface area contributed by atoms with E-state index in [0.29, 0.717) is 17.1 Å². The van der Waals surface area contributed by atoms with Gasteiger partial charge in [-0.3, -0.25) is 14.0 Å². The molecule has 4 rings (SSSR count). The molecule has 0 spiro atoms. The lowest BCUT2D eigenvalue weighted by Crippen LogP contribution is -2.20. The van der Waals surface area contributed by atoms with Crippen LogP contribution in [0.1, 0.15) is 16.7 Å². The summed E-state index contributed by atoms with van der Waals surface area (Å²) in [6.45, 7) is 3.73. The first-order chi connectivity index (χ1) is 16.0. The number of benzene rings is 2. The van der Waals surface area contributed by atoms with Gasteiger partial charge >= 0.3 is 0 Å². The van der Waals surface area contributed by atoms with Crippen LogP contribution in [0.15, 0.2) is 83.3 Å². The standard InChI is InChI=1S/C26H20N4O3/c1-17-8-6-10-20(14-17)28-24(31)19(16-27)15-22-25(33-21-11-4-3-5-12-21)29-23-18(2)9-7-13-30(23)26(22)32/h3-15H,1-2H3,(H,28,31)/b19-15-. The van der Waals surface area contributed by atoms with E-state index in [1.165, 1.54) is 10.5 Å². The van der Waals surface area contributed by atoms with Gasteiger partial charge in [-0.2, -0.15) is 10.2 Å². The Bertz CT molecular complexity index is 1480. The number of nitrogens with one attached hydrogen (secondary N) is 1. The second-order valence-electron chi connectivity index (χ2n) is 7.43. The number of para-hydroxylation sites is 1. The highest BCUT2D eigenvalue weighted by molar-refractivity contribution is 6.09. The van der Waals surface area contributed by atoms with Crippen LogP contribution in [0, 0.1) is 25.2 Å². The van der Waals surface area contributed by atoms with Gasteiger partial charge in [-0.25, -0.2) is 0 Å². The molecule has 2 aromatic heterocycles. The van der Waals surface area contributed by atoms with Crippen LogP contribution in [-0.4, -0.2) is 15.3 Å². The van der Waals surface area contributed by atoms with Crippen LogP contribution in [0.5, 0.6) is 11.6 Å². The molecular formula is C26H20N4O3. The highest BCUT2D eigenvalue weighted by Crippen LogP contribution is 2.24. The second-order valence-corrected chi connectivity index (χ2v) is 7.43. The number of aryl methyl sites for hydroxylation is 2. The van der Waals surface area contributed by atoms with Crippen molar-refractivity contribution < 1.29 is 9.53 Å². The molecule has 0 radical (unpaired) electrons. The smallest absolute Gasteiger partial charge is 0.269 e. The third kappa shape index (κ3) is 4.65. The lowest BCUT2D eigenvalue weighted by Gasteiger charge is -2.11. The van der Waals surface area contributed by atoms with Crippen molar-refractivity contribution >= 4 is 23.3 Å². The predicted molar refractivity (Wildman–Crippen MR) is 126 cm³/mol. The summed E-state index contributed by atoms with van der Waals surface area (Å²) in [6.07, 6.45) is 2.80. The maximum atomic E-state index is 13.3. The van der Waals surface area contributed by atoms with Crippen LogP contribution >= 0.6 is 0 Å². The number of amides is 1. The number of pyridine rings is 1. The fourth-order valence-corrected chi connectivity index (χ4v) is 3.31. The second kappa shape index (κ2) is 9.20. The number of hydrogen-bond acceptors (Lipinski definition) is 5. The van der Waals surface area contributed by atoms with Gasteiger partial charge in [-0.15, -0.1) is 0 Å². The van der Waals surface area contributed by atoms with Crippen LogP contribution in [-0.2, 0) is 4.79 Å². The summed E-state index contributed by atoms with van der Waals surface area (Å²) in [6, 6.07) is 21.5. The molecule has 0 aliphatic carbocycles. The van der Waals surface area contributed by atoms with E-state index in [4.69, 9.17) is 4.74 Å². The van der Waals surface area contributed by atoms with Crippen molar-refractivity contribution in [1.29, 1.82) is 5.26 Å². The fraction of sp³-hybridized carbons (Fsp3) is 0.0769. The van der Waals surface area contributed by atoms with Crippen LogP contribution in [0.2, 0.25) is 0 Å². The molecule has 2 aromatic carbocycles. The van der Waals surface area contributed by atoms with Crippen LogP contribution < -0.4 is 15.6 Å². The topological polar surface area (TPSA) is 96.5 Å². The first kappa shape index (κ1) is 21.5. The van der Waals surface area contributed by atoms with Crippen molar-refractivity contribution in [3.8, 4) is 17.7 Å². The summed E-state index contributed by atoms with van der Waals surface area (Å²) < 4.78 is 7.27. The fourth-order valence-electron chi connectivity index (χ4n) is 3.31. The maximum absolute atomic E-state index is 13.3. The van der Waals surface area contributed by atoms with Crippen molar-refractivity contribution in [2.75, 3.05) is 5.32 Å². The average Bonchev–Trinajstić information content (AvgIpc) is 2.80. The molecule has 162 valence electrons. The largest absolute Gasteiger partial charge is 0.438 e. The molecule has 1 N–H and O–H groups in total. The zero-order chi connectivity index (χ0) is 23.4. The molecule has 0 aliphatic heterocycles. The highest BCUT2D eigenvalue weighted by atomic mass is 16.5. The number of carbonyl (C=O) groups is 1. The number of nitriles is 1. The number of hydrogen-bond donors (Lipinski definition) is 1. The van der Waals surface area contributed by atoms with Crippen LogP contribution in [0.4, 0.5) is 5.69 Å². The normalized spacial score (nSPS) is 11.1. The van der Waals surface area contributed by atoms with E-state index < -0.39 is 11.5 Å². The molecule has 0 unspecified atom stereocenters. The van der Waals surface area contributed by atoms with E-state index in [2.05, 4.69) is 10.3 Å².